The third-order valence-electron chi connectivity index (χ3n) is 3.37. The number of sulfonamides is 1. The number of aryl methyl sites for hydroxylation is 1. The maximum absolute atomic E-state index is 12.4. The summed E-state index contributed by atoms with van der Waals surface area (Å²) >= 11 is 5.65. The van der Waals surface area contributed by atoms with Gasteiger partial charge in [0.05, 0.1) is 17.6 Å². The molecule has 1 N–H and O–H groups in total. The fraction of sp³-hybridized carbons (Fsp3) is 0.235. The number of methoxy groups -OCH3 is 1. The molecular weight excluding hydrogens is 350 g/mol. The molecule has 0 atom stereocenters. The number of carbonyl (C=O) groups excluding carboxylic acids is 1. The van der Waals surface area contributed by atoms with Crippen molar-refractivity contribution in [1.29, 1.82) is 0 Å². The Balaban J connectivity index is 2.17. The maximum Gasteiger partial charge on any atom is 0.337 e. The third-order valence-corrected chi connectivity index (χ3v) is 5.03. The van der Waals surface area contributed by atoms with Crippen molar-refractivity contribution in [2.75, 3.05) is 17.7 Å². The Bertz CT molecular complexity index is 804. The number of benzene rings is 2. The van der Waals surface area contributed by atoms with Crippen LogP contribution in [0.15, 0.2) is 53.4 Å². The zero-order chi connectivity index (χ0) is 17.6. The van der Waals surface area contributed by atoms with Crippen molar-refractivity contribution in [3.63, 3.8) is 0 Å². The molecule has 0 bridgehead atoms. The van der Waals surface area contributed by atoms with Gasteiger partial charge in [-0.3, -0.25) is 4.72 Å². The van der Waals surface area contributed by atoms with Gasteiger partial charge in [0.2, 0.25) is 0 Å². The van der Waals surface area contributed by atoms with Crippen LogP contribution in [0.4, 0.5) is 5.69 Å². The minimum Gasteiger partial charge on any atom is -0.465 e. The Hall–Kier alpha value is -2.05. The molecule has 0 unspecified atom stereocenters. The van der Waals surface area contributed by atoms with Gasteiger partial charge in [-0.15, -0.1) is 11.6 Å². The van der Waals surface area contributed by atoms with Crippen molar-refractivity contribution in [3.8, 4) is 0 Å². The van der Waals surface area contributed by atoms with Crippen LogP contribution in [0.2, 0.25) is 0 Å². The van der Waals surface area contributed by atoms with Crippen molar-refractivity contribution in [1.82, 2.24) is 0 Å². The van der Waals surface area contributed by atoms with E-state index < -0.39 is 16.0 Å². The van der Waals surface area contributed by atoms with E-state index in [0.29, 0.717) is 11.6 Å². The van der Waals surface area contributed by atoms with Crippen molar-refractivity contribution >= 4 is 33.3 Å². The number of hydrogen-bond acceptors (Lipinski definition) is 4. The quantitative estimate of drug-likeness (QED) is 0.601. The van der Waals surface area contributed by atoms with Crippen LogP contribution >= 0.6 is 11.6 Å². The van der Waals surface area contributed by atoms with E-state index in [4.69, 9.17) is 11.6 Å². The first kappa shape index (κ1) is 18.3. The zero-order valence-electron chi connectivity index (χ0n) is 13.2. The average molecular weight is 368 g/mol. The summed E-state index contributed by atoms with van der Waals surface area (Å²) in [6.45, 7) is 0. The summed E-state index contributed by atoms with van der Waals surface area (Å²) < 4.78 is 31.9. The second kappa shape index (κ2) is 8.17. The first-order valence-corrected chi connectivity index (χ1v) is 9.34. The molecule has 0 aliphatic rings. The fourth-order valence-electron chi connectivity index (χ4n) is 2.15. The Labute approximate surface area is 146 Å². The molecule has 0 radical (unpaired) electrons. The molecule has 0 aliphatic heterocycles. The molecule has 0 aromatic heterocycles. The van der Waals surface area contributed by atoms with Crippen molar-refractivity contribution < 1.29 is 17.9 Å². The lowest BCUT2D eigenvalue weighted by Crippen LogP contribution is -2.13. The molecule has 0 saturated heterocycles. The third kappa shape index (κ3) is 4.72. The number of rotatable bonds is 7. The number of halogens is 1. The summed E-state index contributed by atoms with van der Waals surface area (Å²) in [5.41, 5.74) is 1.60. The lowest BCUT2D eigenvalue weighted by Gasteiger charge is -2.10. The number of esters is 1. The normalized spacial score (nSPS) is 11.1. The largest absolute Gasteiger partial charge is 0.465 e. The highest BCUT2D eigenvalue weighted by molar-refractivity contribution is 7.92. The van der Waals surface area contributed by atoms with Crippen LogP contribution in [0, 0.1) is 0 Å². The van der Waals surface area contributed by atoms with E-state index in [-0.39, 0.29) is 10.5 Å². The van der Waals surface area contributed by atoms with Crippen molar-refractivity contribution in [2.45, 2.75) is 17.7 Å². The summed E-state index contributed by atoms with van der Waals surface area (Å²) in [7, 11) is -2.46. The monoisotopic (exact) mass is 367 g/mol. The minimum absolute atomic E-state index is 0.153. The van der Waals surface area contributed by atoms with Gasteiger partial charge in [-0.05, 0) is 48.7 Å². The number of alkyl halides is 1. The number of nitrogens with one attached hydrogen (secondary N) is 1. The first-order chi connectivity index (χ1) is 11.5. The van der Waals surface area contributed by atoms with E-state index in [1.165, 1.54) is 13.2 Å². The number of anilines is 1. The van der Waals surface area contributed by atoms with Gasteiger partial charge >= 0.3 is 5.97 Å². The maximum atomic E-state index is 12.4. The molecule has 5 nitrogen and oxygen atoms in total. The summed E-state index contributed by atoms with van der Waals surface area (Å²) in [6.07, 6.45) is 1.64. The molecule has 0 amide bonds. The summed E-state index contributed by atoms with van der Waals surface area (Å²) in [6, 6.07) is 12.8. The van der Waals surface area contributed by atoms with Crippen LogP contribution in [-0.4, -0.2) is 27.4 Å². The molecule has 24 heavy (non-hydrogen) atoms. The van der Waals surface area contributed by atoms with E-state index in [2.05, 4.69) is 9.46 Å². The standard InChI is InChI=1S/C17H18ClNO4S/c1-23-17(20)14-5-2-6-15(12-14)19-24(21,22)16-9-7-13(8-10-16)4-3-11-18/h2,5-10,12,19H,3-4,11H2,1H3. The molecule has 0 heterocycles. The molecule has 0 fully saturated rings. The van der Waals surface area contributed by atoms with Gasteiger partial charge in [-0.25, -0.2) is 13.2 Å². The van der Waals surface area contributed by atoms with E-state index in [9.17, 15) is 13.2 Å². The van der Waals surface area contributed by atoms with E-state index in [1.807, 2.05) is 0 Å². The Morgan fingerprint density at radius 3 is 2.50 bits per heavy atom. The highest BCUT2D eigenvalue weighted by Crippen LogP contribution is 2.18. The molecule has 0 saturated carbocycles. The minimum atomic E-state index is -3.73. The van der Waals surface area contributed by atoms with Gasteiger partial charge in [0.15, 0.2) is 0 Å². The zero-order valence-corrected chi connectivity index (χ0v) is 14.7. The van der Waals surface area contributed by atoms with Crippen LogP contribution in [-0.2, 0) is 21.2 Å². The molecule has 2 aromatic rings. The van der Waals surface area contributed by atoms with E-state index >= 15 is 0 Å². The molecule has 0 spiro atoms. The van der Waals surface area contributed by atoms with Gasteiger partial charge < -0.3 is 4.74 Å². The smallest absolute Gasteiger partial charge is 0.337 e. The second-order valence-corrected chi connectivity index (χ2v) is 7.17. The lowest BCUT2D eigenvalue weighted by atomic mass is 10.1. The average Bonchev–Trinajstić information content (AvgIpc) is 2.59. The van der Waals surface area contributed by atoms with Gasteiger partial charge in [0.1, 0.15) is 0 Å². The number of ether oxygens (including phenoxy) is 1. The molecular formula is C17H18ClNO4S. The van der Waals surface area contributed by atoms with Crippen LogP contribution in [0.1, 0.15) is 22.3 Å². The van der Waals surface area contributed by atoms with E-state index in [0.717, 1.165) is 18.4 Å². The molecule has 128 valence electrons. The lowest BCUT2D eigenvalue weighted by molar-refractivity contribution is 0.0601. The van der Waals surface area contributed by atoms with Crippen molar-refractivity contribution in [3.05, 3.63) is 59.7 Å². The molecule has 7 heteroatoms. The summed E-state index contributed by atoms with van der Waals surface area (Å²) in [5.74, 6) is 0.0395. The van der Waals surface area contributed by atoms with E-state index in [1.54, 1.807) is 42.5 Å². The number of carbonyl (C=O) groups is 1. The van der Waals surface area contributed by atoms with Gasteiger partial charge in [0, 0.05) is 11.6 Å². The van der Waals surface area contributed by atoms with Gasteiger partial charge in [-0.1, -0.05) is 18.2 Å². The Kier molecular flexibility index (Phi) is 6.23. The first-order valence-electron chi connectivity index (χ1n) is 7.32. The van der Waals surface area contributed by atoms with Crippen molar-refractivity contribution in [2.24, 2.45) is 0 Å². The predicted octanol–water partition coefficient (Wildman–Crippen LogP) is 3.45. The van der Waals surface area contributed by atoms with Gasteiger partial charge in [0.25, 0.3) is 10.0 Å². The molecule has 2 aromatic carbocycles. The Morgan fingerprint density at radius 1 is 1.17 bits per heavy atom. The highest BCUT2D eigenvalue weighted by Gasteiger charge is 2.15. The van der Waals surface area contributed by atoms with Crippen LogP contribution in [0.3, 0.4) is 0 Å². The number of hydrogen-bond donors (Lipinski definition) is 1. The topological polar surface area (TPSA) is 72.5 Å². The van der Waals surface area contributed by atoms with Gasteiger partial charge in [-0.2, -0.15) is 0 Å². The molecule has 2 rings (SSSR count). The predicted molar refractivity (Wildman–Crippen MR) is 94.1 cm³/mol. The fourth-order valence-corrected chi connectivity index (χ4v) is 3.33. The summed E-state index contributed by atoms with van der Waals surface area (Å²) in [5, 5.41) is 0. The SMILES string of the molecule is COC(=O)c1cccc(NS(=O)(=O)c2ccc(CCCCl)cc2)c1. The van der Waals surface area contributed by atoms with Crippen LogP contribution in [0.5, 0.6) is 0 Å². The molecule has 0 aliphatic carbocycles. The van der Waals surface area contributed by atoms with Crippen LogP contribution < -0.4 is 4.72 Å². The summed E-state index contributed by atoms with van der Waals surface area (Å²) in [4.78, 5) is 11.7. The highest BCUT2D eigenvalue weighted by atomic mass is 35.5. The van der Waals surface area contributed by atoms with Crippen LogP contribution in [0.25, 0.3) is 0 Å². The second-order valence-electron chi connectivity index (χ2n) is 5.11. The Morgan fingerprint density at radius 2 is 1.88 bits per heavy atom.